The average Bonchev–Trinajstić information content (AvgIpc) is 2.59. The molecular formula is C15H19N3O2. The number of aromatic nitrogens is 2. The quantitative estimate of drug-likeness (QED) is 0.854. The molecule has 1 saturated heterocycles. The molecule has 106 valence electrons. The molecule has 1 aliphatic heterocycles. The van der Waals surface area contributed by atoms with Crippen LogP contribution < -0.4 is 4.90 Å². The highest BCUT2D eigenvalue weighted by molar-refractivity contribution is 5.89. The fourth-order valence-electron chi connectivity index (χ4n) is 2.59. The minimum Gasteiger partial charge on any atom is -0.386 e. The Morgan fingerprint density at radius 2 is 2.20 bits per heavy atom. The molecule has 2 heterocycles. The zero-order chi connectivity index (χ0) is 14.2. The van der Waals surface area contributed by atoms with Gasteiger partial charge in [-0.1, -0.05) is 11.6 Å². The van der Waals surface area contributed by atoms with Crippen molar-refractivity contribution in [1.82, 2.24) is 9.97 Å². The van der Waals surface area contributed by atoms with E-state index >= 15 is 0 Å². The van der Waals surface area contributed by atoms with Crippen molar-refractivity contribution in [2.45, 2.75) is 19.4 Å². The fourth-order valence-corrected chi connectivity index (χ4v) is 2.59. The van der Waals surface area contributed by atoms with Crippen LogP contribution in [0.15, 0.2) is 24.5 Å². The van der Waals surface area contributed by atoms with Gasteiger partial charge in [0, 0.05) is 11.9 Å². The number of hydrogen-bond acceptors (Lipinski definition) is 5. The minimum atomic E-state index is -0.863. The van der Waals surface area contributed by atoms with Crippen LogP contribution in [-0.4, -0.2) is 47.0 Å². The molecule has 0 amide bonds. The molecule has 1 N–H and O–H groups in total. The van der Waals surface area contributed by atoms with Gasteiger partial charge in [-0.15, -0.1) is 0 Å². The highest BCUT2D eigenvalue weighted by Gasteiger charge is 2.28. The van der Waals surface area contributed by atoms with Crippen LogP contribution in [0.2, 0.25) is 0 Å². The monoisotopic (exact) mass is 273 g/mol. The third-order valence-electron chi connectivity index (χ3n) is 3.52. The van der Waals surface area contributed by atoms with Crippen molar-refractivity contribution in [2.75, 3.05) is 31.2 Å². The van der Waals surface area contributed by atoms with Gasteiger partial charge in [-0.05, 0) is 26.0 Å². The molecule has 3 rings (SSSR count). The number of aryl methyl sites for hydroxylation is 1. The van der Waals surface area contributed by atoms with Crippen LogP contribution in [0.4, 0.5) is 5.82 Å². The summed E-state index contributed by atoms with van der Waals surface area (Å²) < 4.78 is 5.46. The Labute approximate surface area is 118 Å². The van der Waals surface area contributed by atoms with Gasteiger partial charge in [-0.3, -0.25) is 0 Å². The summed E-state index contributed by atoms with van der Waals surface area (Å²) in [6.07, 6.45) is 1.58. The standard InChI is InChI=1S/C15H19N3O2/c1-11-3-4-13-12(7-11)14(17-10-16-13)18-5-6-20-9-15(2,19)8-18/h3-4,7,10,19H,5-6,8-9H2,1-2H3/t15-/m0/s1. The lowest BCUT2D eigenvalue weighted by Crippen LogP contribution is -2.42. The van der Waals surface area contributed by atoms with Gasteiger partial charge < -0.3 is 14.7 Å². The molecule has 0 unspecified atom stereocenters. The van der Waals surface area contributed by atoms with Crippen LogP contribution in [0.25, 0.3) is 10.9 Å². The van der Waals surface area contributed by atoms with Crippen molar-refractivity contribution in [1.29, 1.82) is 0 Å². The second-order valence-electron chi connectivity index (χ2n) is 5.69. The number of ether oxygens (including phenoxy) is 1. The SMILES string of the molecule is Cc1ccc2ncnc(N3CCOC[C@@](C)(O)C3)c2c1. The zero-order valence-corrected chi connectivity index (χ0v) is 11.8. The average molecular weight is 273 g/mol. The first kappa shape index (κ1) is 13.3. The zero-order valence-electron chi connectivity index (χ0n) is 11.8. The van der Waals surface area contributed by atoms with Crippen LogP contribution in [-0.2, 0) is 4.74 Å². The van der Waals surface area contributed by atoms with Crippen molar-refractivity contribution in [3.63, 3.8) is 0 Å². The van der Waals surface area contributed by atoms with Gasteiger partial charge in [-0.25, -0.2) is 9.97 Å². The number of rotatable bonds is 1. The molecule has 5 heteroatoms. The largest absolute Gasteiger partial charge is 0.386 e. The molecule has 1 aromatic carbocycles. The maximum atomic E-state index is 10.3. The molecule has 1 aliphatic rings. The van der Waals surface area contributed by atoms with Gasteiger partial charge >= 0.3 is 0 Å². The van der Waals surface area contributed by atoms with Crippen molar-refractivity contribution in [3.05, 3.63) is 30.1 Å². The van der Waals surface area contributed by atoms with E-state index in [4.69, 9.17) is 4.74 Å². The molecule has 20 heavy (non-hydrogen) atoms. The van der Waals surface area contributed by atoms with Gasteiger partial charge in [0.25, 0.3) is 0 Å². The topological polar surface area (TPSA) is 58.5 Å². The van der Waals surface area contributed by atoms with Gasteiger partial charge in [-0.2, -0.15) is 0 Å². The Morgan fingerprint density at radius 1 is 1.35 bits per heavy atom. The van der Waals surface area contributed by atoms with Crippen LogP contribution in [0.1, 0.15) is 12.5 Å². The summed E-state index contributed by atoms with van der Waals surface area (Å²) in [6, 6.07) is 6.13. The number of anilines is 1. The van der Waals surface area contributed by atoms with Crippen LogP contribution in [0, 0.1) is 6.92 Å². The summed E-state index contributed by atoms with van der Waals surface area (Å²) in [6.45, 7) is 6.01. The molecule has 5 nitrogen and oxygen atoms in total. The molecular weight excluding hydrogens is 254 g/mol. The van der Waals surface area contributed by atoms with Gasteiger partial charge in [0.1, 0.15) is 17.7 Å². The minimum absolute atomic E-state index is 0.353. The first-order valence-corrected chi connectivity index (χ1v) is 6.82. The molecule has 0 spiro atoms. The lowest BCUT2D eigenvalue weighted by molar-refractivity contribution is -0.0123. The molecule has 1 aromatic heterocycles. The first-order chi connectivity index (χ1) is 9.55. The number of aliphatic hydroxyl groups is 1. The van der Waals surface area contributed by atoms with Gasteiger partial charge in [0.15, 0.2) is 0 Å². The van der Waals surface area contributed by atoms with E-state index in [1.54, 1.807) is 13.3 Å². The lowest BCUT2D eigenvalue weighted by Gasteiger charge is -2.28. The summed E-state index contributed by atoms with van der Waals surface area (Å²) in [4.78, 5) is 10.8. The number of nitrogens with zero attached hydrogens (tertiary/aromatic N) is 3. The van der Waals surface area contributed by atoms with Crippen molar-refractivity contribution in [2.24, 2.45) is 0 Å². The summed E-state index contributed by atoms with van der Waals surface area (Å²) in [5.74, 6) is 0.865. The van der Waals surface area contributed by atoms with Crippen LogP contribution >= 0.6 is 0 Å². The Bertz CT molecular complexity index is 628. The second-order valence-corrected chi connectivity index (χ2v) is 5.69. The third kappa shape index (κ3) is 2.59. The summed E-state index contributed by atoms with van der Waals surface area (Å²) in [5, 5.41) is 11.3. The smallest absolute Gasteiger partial charge is 0.140 e. The van der Waals surface area contributed by atoms with Crippen molar-refractivity contribution < 1.29 is 9.84 Å². The van der Waals surface area contributed by atoms with Gasteiger partial charge in [0.05, 0.1) is 25.3 Å². The van der Waals surface area contributed by atoms with Gasteiger partial charge in [0.2, 0.25) is 0 Å². The van der Waals surface area contributed by atoms with Crippen LogP contribution in [0.3, 0.4) is 0 Å². The van der Waals surface area contributed by atoms with E-state index in [-0.39, 0.29) is 0 Å². The summed E-state index contributed by atoms with van der Waals surface area (Å²) in [7, 11) is 0. The predicted molar refractivity (Wildman–Crippen MR) is 77.9 cm³/mol. The number of fused-ring (bicyclic) bond motifs is 1. The highest BCUT2D eigenvalue weighted by Crippen LogP contribution is 2.26. The summed E-state index contributed by atoms with van der Waals surface area (Å²) in [5.41, 5.74) is 1.23. The molecule has 0 radical (unpaired) electrons. The molecule has 0 bridgehead atoms. The number of benzene rings is 1. The van der Waals surface area contributed by atoms with Crippen molar-refractivity contribution >= 4 is 16.7 Å². The van der Waals surface area contributed by atoms with E-state index in [9.17, 15) is 5.11 Å². The Morgan fingerprint density at radius 3 is 3.05 bits per heavy atom. The predicted octanol–water partition coefficient (Wildman–Crippen LogP) is 1.53. The maximum Gasteiger partial charge on any atom is 0.140 e. The van der Waals surface area contributed by atoms with Crippen LogP contribution in [0.5, 0.6) is 0 Å². The molecule has 1 fully saturated rings. The normalized spacial score (nSPS) is 23.9. The van der Waals surface area contributed by atoms with E-state index in [1.165, 1.54) is 5.56 Å². The second kappa shape index (κ2) is 5.00. The molecule has 0 aliphatic carbocycles. The van der Waals surface area contributed by atoms with E-state index in [0.717, 1.165) is 23.3 Å². The lowest BCUT2D eigenvalue weighted by atomic mass is 10.1. The molecule has 1 atom stereocenters. The Balaban J connectivity index is 2.06. The highest BCUT2D eigenvalue weighted by atomic mass is 16.5. The van der Waals surface area contributed by atoms with E-state index in [0.29, 0.717) is 19.8 Å². The van der Waals surface area contributed by atoms with E-state index in [2.05, 4.69) is 27.9 Å². The maximum absolute atomic E-state index is 10.3. The Hall–Kier alpha value is -1.72. The van der Waals surface area contributed by atoms with E-state index in [1.807, 2.05) is 12.1 Å². The number of β-amino-alcohol motifs (C(OH)–C–C–N with tert-alkyl or cyclic N) is 1. The molecule has 2 aromatic rings. The number of hydrogen-bond donors (Lipinski definition) is 1. The third-order valence-corrected chi connectivity index (χ3v) is 3.52. The first-order valence-electron chi connectivity index (χ1n) is 6.82. The van der Waals surface area contributed by atoms with Crippen molar-refractivity contribution in [3.8, 4) is 0 Å². The summed E-state index contributed by atoms with van der Waals surface area (Å²) >= 11 is 0. The Kier molecular flexibility index (Phi) is 3.31. The molecule has 0 saturated carbocycles. The fraction of sp³-hybridized carbons (Fsp3) is 0.467. The van der Waals surface area contributed by atoms with E-state index < -0.39 is 5.60 Å².